The van der Waals surface area contributed by atoms with Crippen LogP contribution < -0.4 is 15.4 Å². The van der Waals surface area contributed by atoms with E-state index in [1.807, 2.05) is 18.2 Å². The molecule has 10 nitrogen and oxygen atoms in total. The number of anilines is 1. The highest BCUT2D eigenvalue weighted by Gasteiger charge is 2.28. The van der Waals surface area contributed by atoms with Crippen molar-refractivity contribution in [3.05, 3.63) is 48.5 Å². The van der Waals surface area contributed by atoms with E-state index in [-0.39, 0.29) is 31.1 Å². The zero-order valence-electron chi connectivity index (χ0n) is 17.3. The van der Waals surface area contributed by atoms with E-state index < -0.39 is 22.0 Å². The molecule has 2 saturated heterocycles. The molecule has 0 saturated carbocycles. The number of amides is 3. The van der Waals surface area contributed by atoms with Gasteiger partial charge in [0.2, 0.25) is 15.9 Å². The predicted octanol–water partition coefficient (Wildman–Crippen LogP) is 1.46. The Morgan fingerprint density at radius 3 is 2.53 bits per heavy atom. The smallest absolute Gasteiger partial charge is 0.324 e. The molecule has 32 heavy (non-hydrogen) atoms. The van der Waals surface area contributed by atoms with Crippen molar-refractivity contribution >= 4 is 27.6 Å². The van der Waals surface area contributed by atoms with E-state index in [4.69, 9.17) is 9.47 Å². The highest BCUT2D eigenvalue weighted by atomic mass is 32.2. The molecule has 0 radical (unpaired) electrons. The fraction of sp³-hybridized carbons (Fsp3) is 0.333. The Labute approximate surface area is 186 Å². The number of carbonyl (C=O) groups is 2. The molecule has 2 aromatic carbocycles. The molecule has 0 unspecified atom stereocenters. The number of carbonyl (C=O) groups excluding carboxylic acids is 2. The molecule has 2 N–H and O–H groups in total. The molecular weight excluding hydrogens is 436 g/mol. The maximum atomic E-state index is 13.1. The van der Waals surface area contributed by atoms with Crippen molar-refractivity contribution in [1.82, 2.24) is 14.5 Å². The second-order valence-electron chi connectivity index (χ2n) is 7.22. The van der Waals surface area contributed by atoms with Crippen LogP contribution in [0.5, 0.6) is 11.5 Å². The van der Waals surface area contributed by atoms with Gasteiger partial charge in [-0.15, -0.1) is 0 Å². The summed E-state index contributed by atoms with van der Waals surface area (Å²) in [5, 5.41) is 5.52. The number of morpholine rings is 1. The zero-order valence-corrected chi connectivity index (χ0v) is 18.1. The van der Waals surface area contributed by atoms with Gasteiger partial charge in [0.25, 0.3) is 0 Å². The number of hydrogen-bond donors (Lipinski definition) is 2. The quantitative estimate of drug-likeness (QED) is 0.642. The summed E-state index contributed by atoms with van der Waals surface area (Å²) in [6.07, 6.45) is 0. The van der Waals surface area contributed by atoms with Gasteiger partial charge in [-0.25, -0.2) is 13.2 Å². The Kier molecular flexibility index (Phi) is 6.58. The number of ether oxygens (including phenoxy) is 2. The first-order chi connectivity index (χ1) is 15.4. The SMILES string of the molecule is O=C(CNc1cc(S(=O)(=O)N2CCOCC2)ccc1Oc1ccccc1)N1CCNC1=O. The van der Waals surface area contributed by atoms with Crippen molar-refractivity contribution in [3.63, 3.8) is 0 Å². The van der Waals surface area contributed by atoms with E-state index >= 15 is 0 Å². The van der Waals surface area contributed by atoms with Crippen molar-refractivity contribution in [2.75, 3.05) is 51.3 Å². The molecular formula is C21H24N4O6S. The molecule has 2 aromatic rings. The first-order valence-corrected chi connectivity index (χ1v) is 11.7. The summed E-state index contributed by atoms with van der Waals surface area (Å²) in [5.41, 5.74) is 0.330. The monoisotopic (exact) mass is 460 g/mol. The highest BCUT2D eigenvalue weighted by molar-refractivity contribution is 7.89. The number of para-hydroxylation sites is 1. The topological polar surface area (TPSA) is 117 Å². The first kappa shape index (κ1) is 22.1. The van der Waals surface area contributed by atoms with Gasteiger partial charge >= 0.3 is 6.03 Å². The summed E-state index contributed by atoms with van der Waals surface area (Å²) >= 11 is 0. The molecule has 0 spiro atoms. The number of rotatable bonds is 7. The molecule has 2 aliphatic rings. The number of nitrogens with one attached hydrogen (secondary N) is 2. The molecule has 2 heterocycles. The third kappa shape index (κ3) is 4.85. The fourth-order valence-corrected chi connectivity index (χ4v) is 4.86. The minimum absolute atomic E-state index is 0.0775. The van der Waals surface area contributed by atoms with Gasteiger partial charge < -0.3 is 20.1 Å². The average Bonchev–Trinajstić information content (AvgIpc) is 3.25. The Bertz CT molecular complexity index is 1090. The maximum Gasteiger partial charge on any atom is 0.324 e. The Morgan fingerprint density at radius 2 is 1.84 bits per heavy atom. The fourth-order valence-electron chi connectivity index (χ4n) is 3.42. The Balaban J connectivity index is 1.59. The summed E-state index contributed by atoms with van der Waals surface area (Å²) < 4.78 is 38.7. The van der Waals surface area contributed by atoms with Crippen molar-refractivity contribution in [3.8, 4) is 11.5 Å². The largest absolute Gasteiger partial charge is 0.455 e. The van der Waals surface area contributed by atoms with Gasteiger partial charge in [0.05, 0.1) is 30.3 Å². The molecule has 0 aliphatic carbocycles. The maximum absolute atomic E-state index is 13.1. The van der Waals surface area contributed by atoms with Crippen molar-refractivity contribution in [1.29, 1.82) is 0 Å². The second kappa shape index (κ2) is 9.55. The van der Waals surface area contributed by atoms with Gasteiger partial charge in [-0.3, -0.25) is 9.69 Å². The average molecular weight is 461 g/mol. The molecule has 3 amide bonds. The highest BCUT2D eigenvalue weighted by Crippen LogP contribution is 2.33. The van der Waals surface area contributed by atoms with Crippen molar-refractivity contribution < 1.29 is 27.5 Å². The van der Waals surface area contributed by atoms with Crippen LogP contribution in [0.2, 0.25) is 0 Å². The summed E-state index contributed by atoms with van der Waals surface area (Å²) in [6.45, 7) is 1.72. The number of sulfonamides is 1. The molecule has 0 atom stereocenters. The van der Waals surface area contributed by atoms with Crippen LogP contribution in [0.4, 0.5) is 10.5 Å². The van der Waals surface area contributed by atoms with E-state index in [9.17, 15) is 18.0 Å². The Hall–Kier alpha value is -3.15. The number of hydrogen-bond acceptors (Lipinski definition) is 7. The zero-order chi connectivity index (χ0) is 22.6. The lowest BCUT2D eigenvalue weighted by Crippen LogP contribution is -2.40. The summed E-state index contributed by atoms with van der Waals surface area (Å²) in [5.74, 6) is 0.493. The molecule has 170 valence electrons. The van der Waals surface area contributed by atoms with E-state index in [1.54, 1.807) is 18.2 Å². The van der Waals surface area contributed by atoms with E-state index in [1.165, 1.54) is 16.4 Å². The van der Waals surface area contributed by atoms with Gasteiger partial charge in [0.15, 0.2) is 5.75 Å². The molecule has 0 bridgehead atoms. The second-order valence-corrected chi connectivity index (χ2v) is 9.16. The lowest BCUT2D eigenvalue weighted by Gasteiger charge is -2.26. The minimum atomic E-state index is -3.74. The van der Waals surface area contributed by atoms with Crippen LogP contribution in [0, 0.1) is 0 Å². The van der Waals surface area contributed by atoms with Crippen LogP contribution in [0.25, 0.3) is 0 Å². The predicted molar refractivity (Wildman–Crippen MR) is 116 cm³/mol. The minimum Gasteiger partial charge on any atom is -0.455 e. The molecule has 2 fully saturated rings. The van der Waals surface area contributed by atoms with Crippen molar-refractivity contribution in [2.45, 2.75) is 4.90 Å². The molecule has 4 rings (SSSR count). The van der Waals surface area contributed by atoms with Crippen LogP contribution in [-0.2, 0) is 19.6 Å². The van der Waals surface area contributed by atoms with Crippen LogP contribution in [0.3, 0.4) is 0 Å². The molecule has 0 aromatic heterocycles. The van der Waals surface area contributed by atoms with Crippen LogP contribution in [-0.4, -0.2) is 75.5 Å². The summed E-state index contributed by atoms with van der Waals surface area (Å²) in [6, 6.07) is 13.0. The van der Waals surface area contributed by atoms with E-state index in [0.29, 0.717) is 36.9 Å². The van der Waals surface area contributed by atoms with Crippen LogP contribution >= 0.6 is 0 Å². The van der Waals surface area contributed by atoms with Gasteiger partial charge in [0, 0.05) is 26.2 Å². The molecule has 2 aliphatic heterocycles. The number of imide groups is 1. The van der Waals surface area contributed by atoms with Gasteiger partial charge in [-0.2, -0.15) is 4.31 Å². The number of urea groups is 1. The number of nitrogens with zero attached hydrogens (tertiary/aromatic N) is 2. The first-order valence-electron chi connectivity index (χ1n) is 10.2. The van der Waals surface area contributed by atoms with Crippen LogP contribution in [0.15, 0.2) is 53.4 Å². The summed E-state index contributed by atoms with van der Waals surface area (Å²) in [7, 11) is -3.74. The third-order valence-electron chi connectivity index (χ3n) is 5.12. The van der Waals surface area contributed by atoms with Crippen LogP contribution in [0.1, 0.15) is 0 Å². The third-order valence-corrected chi connectivity index (χ3v) is 7.01. The van der Waals surface area contributed by atoms with Gasteiger partial charge in [0.1, 0.15) is 5.75 Å². The lowest BCUT2D eigenvalue weighted by molar-refractivity contribution is -0.125. The standard InChI is InChI=1S/C21H24N4O6S/c26-20(25-9-8-22-21(25)27)15-23-18-14-17(32(28,29)24-10-12-30-13-11-24)6-7-19(18)31-16-4-2-1-3-5-16/h1-7,14,23H,8-13,15H2,(H,22,27). The number of benzene rings is 2. The van der Waals surface area contributed by atoms with E-state index in [0.717, 1.165) is 4.90 Å². The van der Waals surface area contributed by atoms with Crippen molar-refractivity contribution in [2.24, 2.45) is 0 Å². The van der Waals surface area contributed by atoms with E-state index in [2.05, 4.69) is 10.6 Å². The summed E-state index contributed by atoms with van der Waals surface area (Å²) in [4.78, 5) is 25.4. The normalized spacial score (nSPS) is 17.1. The van der Waals surface area contributed by atoms with Gasteiger partial charge in [-0.05, 0) is 30.3 Å². The Morgan fingerprint density at radius 1 is 1.09 bits per heavy atom. The lowest BCUT2D eigenvalue weighted by atomic mass is 10.2. The molecule has 11 heteroatoms. The van der Waals surface area contributed by atoms with Gasteiger partial charge in [-0.1, -0.05) is 18.2 Å².